The number of urea groups is 1. The van der Waals surface area contributed by atoms with E-state index in [1.807, 2.05) is 66.7 Å². The SMILES string of the molecule is O=C(NCc1ccccc1)Nc1cccc(-c2ccc(N3CCCCC3)nn2)c1. The summed E-state index contributed by atoms with van der Waals surface area (Å²) in [4.78, 5) is 14.5. The fraction of sp³-hybridized carbons (Fsp3) is 0.261. The minimum atomic E-state index is -0.238. The Bertz CT molecular complexity index is 937. The number of carbonyl (C=O) groups excluding carboxylic acids is 1. The van der Waals surface area contributed by atoms with E-state index in [9.17, 15) is 4.79 Å². The van der Waals surface area contributed by atoms with Crippen LogP contribution in [0.15, 0.2) is 66.7 Å². The van der Waals surface area contributed by atoms with Crippen molar-refractivity contribution < 1.29 is 4.79 Å². The maximum absolute atomic E-state index is 12.2. The van der Waals surface area contributed by atoms with Crippen LogP contribution in [0.1, 0.15) is 24.8 Å². The second kappa shape index (κ2) is 9.19. The monoisotopic (exact) mass is 387 g/mol. The van der Waals surface area contributed by atoms with Crippen molar-refractivity contribution in [2.24, 2.45) is 0 Å². The molecule has 2 heterocycles. The van der Waals surface area contributed by atoms with Crippen LogP contribution >= 0.6 is 0 Å². The van der Waals surface area contributed by atoms with Gasteiger partial charge >= 0.3 is 6.03 Å². The first-order valence-electron chi connectivity index (χ1n) is 10.1. The third-order valence-corrected chi connectivity index (χ3v) is 5.04. The molecule has 0 atom stereocenters. The molecule has 1 aliphatic heterocycles. The molecule has 6 heteroatoms. The Labute approximate surface area is 171 Å². The van der Waals surface area contributed by atoms with Gasteiger partial charge in [-0.25, -0.2) is 4.79 Å². The fourth-order valence-electron chi connectivity index (χ4n) is 3.48. The summed E-state index contributed by atoms with van der Waals surface area (Å²) in [6.45, 7) is 2.58. The Balaban J connectivity index is 1.38. The molecular weight excluding hydrogens is 362 g/mol. The van der Waals surface area contributed by atoms with E-state index in [1.165, 1.54) is 19.3 Å². The predicted octanol–water partition coefficient (Wildman–Crippen LogP) is 4.46. The average molecular weight is 387 g/mol. The number of carbonyl (C=O) groups is 1. The molecule has 6 nitrogen and oxygen atoms in total. The molecule has 148 valence electrons. The van der Waals surface area contributed by atoms with Gasteiger partial charge in [-0.15, -0.1) is 10.2 Å². The van der Waals surface area contributed by atoms with Crippen molar-refractivity contribution in [3.63, 3.8) is 0 Å². The standard InChI is InChI=1S/C23H25N5O/c29-23(24-17-18-8-3-1-4-9-18)25-20-11-7-10-19(16-20)21-12-13-22(27-26-21)28-14-5-2-6-15-28/h1,3-4,7-13,16H,2,5-6,14-15,17H2,(H2,24,25,29). The molecule has 1 aliphatic rings. The maximum Gasteiger partial charge on any atom is 0.319 e. The maximum atomic E-state index is 12.2. The molecule has 1 fully saturated rings. The van der Waals surface area contributed by atoms with E-state index in [4.69, 9.17) is 0 Å². The van der Waals surface area contributed by atoms with Crippen LogP contribution < -0.4 is 15.5 Å². The smallest absolute Gasteiger partial charge is 0.319 e. The summed E-state index contributed by atoms with van der Waals surface area (Å²) < 4.78 is 0. The Hall–Kier alpha value is -3.41. The molecule has 0 unspecified atom stereocenters. The average Bonchev–Trinajstić information content (AvgIpc) is 2.79. The minimum absolute atomic E-state index is 0.238. The van der Waals surface area contributed by atoms with E-state index < -0.39 is 0 Å². The van der Waals surface area contributed by atoms with Gasteiger partial charge in [0.1, 0.15) is 0 Å². The summed E-state index contributed by atoms with van der Waals surface area (Å²) in [5.74, 6) is 0.933. The lowest BCUT2D eigenvalue weighted by Gasteiger charge is -2.27. The molecule has 1 aromatic heterocycles. The molecule has 3 aromatic rings. The lowest BCUT2D eigenvalue weighted by molar-refractivity contribution is 0.251. The third-order valence-electron chi connectivity index (χ3n) is 5.04. The zero-order chi connectivity index (χ0) is 19.9. The van der Waals surface area contributed by atoms with Crippen LogP contribution in [-0.4, -0.2) is 29.3 Å². The van der Waals surface area contributed by atoms with Gasteiger partial charge in [-0.1, -0.05) is 42.5 Å². The van der Waals surface area contributed by atoms with Crippen molar-refractivity contribution in [1.82, 2.24) is 15.5 Å². The van der Waals surface area contributed by atoms with Gasteiger partial charge in [0.05, 0.1) is 5.69 Å². The van der Waals surface area contributed by atoms with E-state index in [0.29, 0.717) is 6.54 Å². The molecule has 2 aromatic carbocycles. The fourth-order valence-corrected chi connectivity index (χ4v) is 3.48. The van der Waals surface area contributed by atoms with Crippen LogP contribution in [0.3, 0.4) is 0 Å². The van der Waals surface area contributed by atoms with Crippen molar-refractivity contribution in [2.45, 2.75) is 25.8 Å². The zero-order valence-electron chi connectivity index (χ0n) is 16.3. The Kier molecular flexibility index (Phi) is 6.00. The Morgan fingerprint density at radius 1 is 0.897 bits per heavy atom. The first-order valence-corrected chi connectivity index (χ1v) is 10.1. The summed E-state index contributed by atoms with van der Waals surface area (Å²) in [6.07, 6.45) is 3.72. The third kappa shape index (κ3) is 5.10. The second-order valence-corrected chi connectivity index (χ2v) is 7.20. The summed E-state index contributed by atoms with van der Waals surface area (Å²) in [5.41, 5.74) is 3.48. The molecule has 2 N–H and O–H groups in total. The van der Waals surface area contributed by atoms with Gasteiger partial charge in [0.25, 0.3) is 0 Å². The topological polar surface area (TPSA) is 70.2 Å². The highest BCUT2D eigenvalue weighted by Crippen LogP contribution is 2.23. The Morgan fingerprint density at radius 2 is 1.72 bits per heavy atom. The molecule has 0 aliphatic carbocycles. The number of nitrogens with zero attached hydrogens (tertiary/aromatic N) is 3. The molecule has 0 bridgehead atoms. The van der Waals surface area contributed by atoms with Crippen LogP contribution in [-0.2, 0) is 6.54 Å². The van der Waals surface area contributed by atoms with Crippen molar-refractivity contribution in [3.05, 3.63) is 72.3 Å². The minimum Gasteiger partial charge on any atom is -0.355 e. The number of hydrogen-bond acceptors (Lipinski definition) is 4. The molecular formula is C23H25N5O. The Morgan fingerprint density at radius 3 is 2.48 bits per heavy atom. The number of anilines is 2. The number of rotatable bonds is 5. The summed E-state index contributed by atoms with van der Waals surface area (Å²) in [5, 5.41) is 14.6. The largest absolute Gasteiger partial charge is 0.355 e. The van der Waals surface area contributed by atoms with E-state index in [-0.39, 0.29) is 6.03 Å². The number of benzene rings is 2. The van der Waals surface area contributed by atoms with Gasteiger partial charge in [-0.3, -0.25) is 0 Å². The quantitative estimate of drug-likeness (QED) is 0.678. The number of nitrogens with one attached hydrogen (secondary N) is 2. The van der Waals surface area contributed by atoms with Crippen LogP contribution in [0.4, 0.5) is 16.3 Å². The van der Waals surface area contributed by atoms with Crippen LogP contribution in [0.5, 0.6) is 0 Å². The predicted molar refractivity (Wildman–Crippen MR) is 116 cm³/mol. The molecule has 4 rings (SSSR count). The van der Waals surface area contributed by atoms with Gasteiger partial charge in [-0.05, 0) is 49.1 Å². The molecule has 0 radical (unpaired) electrons. The number of piperidine rings is 1. The summed E-state index contributed by atoms with van der Waals surface area (Å²) >= 11 is 0. The van der Waals surface area contributed by atoms with Gasteiger partial charge < -0.3 is 15.5 Å². The van der Waals surface area contributed by atoms with Crippen LogP contribution in [0.25, 0.3) is 11.3 Å². The highest BCUT2D eigenvalue weighted by Gasteiger charge is 2.13. The molecule has 29 heavy (non-hydrogen) atoms. The number of aromatic nitrogens is 2. The zero-order valence-corrected chi connectivity index (χ0v) is 16.3. The first kappa shape index (κ1) is 18.9. The van der Waals surface area contributed by atoms with E-state index in [2.05, 4.69) is 25.7 Å². The normalized spacial score (nSPS) is 13.7. The molecule has 0 saturated carbocycles. The van der Waals surface area contributed by atoms with Crippen LogP contribution in [0.2, 0.25) is 0 Å². The summed E-state index contributed by atoms with van der Waals surface area (Å²) in [6, 6.07) is 21.3. The highest BCUT2D eigenvalue weighted by molar-refractivity contribution is 5.90. The molecule has 0 spiro atoms. The lowest BCUT2D eigenvalue weighted by atomic mass is 10.1. The van der Waals surface area contributed by atoms with Crippen molar-refractivity contribution in [2.75, 3.05) is 23.3 Å². The van der Waals surface area contributed by atoms with Crippen molar-refractivity contribution in [3.8, 4) is 11.3 Å². The van der Waals surface area contributed by atoms with E-state index >= 15 is 0 Å². The highest BCUT2D eigenvalue weighted by atomic mass is 16.2. The van der Waals surface area contributed by atoms with Gasteiger partial charge in [0, 0.05) is 30.9 Å². The van der Waals surface area contributed by atoms with Crippen molar-refractivity contribution in [1.29, 1.82) is 0 Å². The summed E-state index contributed by atoms with van der Waals surface area (Å²) in [7, 11) is 0. The van der Waals surface area contributed by atoms with Gasteiger partial charge in [0.2, 0.25) is 0 Å². The molecule has 1 saturated heterocycles. The van der Waals surface area contributed by atoms with E-state index in [1.54, 1.807) is 0 Å². The number of hydrogen-bond donors (Lipinski definition) is 2. The number of amides is 2. The first-order chi connectivity index (χ1) is 14.3. The van der Waals surface area contributed by atoms with E-state index in [0.717, 1.165) is 41.4 Å². The molecule has 2 amide bonds. The second-order valence-electron chi connectivity index (χ2n) is 7.20. The van der Waals surface area contributed by atoms with Gasteiger partial charge in [-0.2, -0.15) is 0 Å². The lowest BCUT2D eigenvalue weighted by Crippen LogP contribution is -2.30. The van der Waals surface area contributed by atoms with Gasteiger partial charge in [0.15, 0.2) is 5.82 Å². The van der Waals surface area contributed by atoms with Crippen LogP contribution in [0, 0.1) is 0 Å². The van der Waals surface area contributed by atoms with Crippen molar-refractivity contribution >= 4 is 17.5 Å².